The Morgan fingerprint density at radius 3 is 2.43 bits per heavy atom. The van der Waals surface area contributed by atoms with Crippen LogP contribution in [0, 0.1) is 22.5 Å². The zero-order valence-electron chi connectivity index (χ0n) is 19.1. The van der Waals surface area contributed by atoms with Gasteiger partial charge in [-0.25, -0.2) is 9.69 Å². The SMILES string of the molecule is Cc1cccc(N2C(=O)NC(=O)[C@@]3(Cc4cc([N+](=O)[O-])ccc4N(C)[C@@H]3c3ccccc3)C2=O)c1. The van der Waals surface area contributed by atoms with Gasteiger partial charge in [-0.05, 0) is 41.8 Å². The Morgan fingerprint density at radius 1 is 1.00 bits per heavy atom. The number of nitrogens with zero attached hydrogens (tertiary/aromatic N) is 3. The molecule has 2 aliphatic heterocycles. The van der Waals surface area contributed by atoms with Crippen molar-refractivity contribution in [2.45, 2.75) is 19.4 Å². The van der Waals surface area contributed by atoms with E-state index in [4.69, 9.17) is 0 Å². The Balaban J connectivity index is 1.75. The minimum absolute atomic E-state index is 0.103. The molecule has 3 aromatic carbocycles. The van der Waals surface area contributed by atoms with Crippen LogP contribution in [-0.4, -0.2) is 29.8 Å². The molecule has 1 saturated heterocycles. The number of nitro benzene ring substituents is 1. The highest BCUT2D eigenvalue weighted by molar-refractivity contribution is 6.30. The van der Waals surface area contributed by atoms with Gasteiger partial charge in [-0.1, -0.05) is 42.5 Å². The van der Waals surface area contributed by atoms with Crippen molar-refractivity contribution in [1.29, 1.82) is 0 Å². The Hall–Kier alpha value is -4.53. The summed E-state index contributed by atoms with van der Waals surface area (Å²) in [4.78, 5) is 54.6. The number of carbonyl (C=O) groups excluding carboxylic acids is 3. The molecule has 2 atom stereocenters. The maximum absolute atomic E-state index is 14.3. The first kappa shape index (κ1) is 22.3. The van der Waals surface area contributed by atoms with E-state index in [0.29, 0.717) is 22.5 Å². The van der Waals surface area contributed by atoms with Gasteiger partial charge in [0.2, 0.25) is 5.91 Å². The molecule has 0 unspecified atom stereocenters. The van der Waals surface area contributed by atoms with E-state index in [1.165, 1.54) is 12.1 Å². The summed E-state index contributed by atoms with van der Waals surface area (Å²) in [5.41, 5.74) is 1.18. The Morgan fingerprint density at radius 2 is 1.74 bits per heavy atom. The van der Waals surface area contributed by atoms with Crippen LogP contribution in [0.5, 0.6) is 0 Å². The first-order chi connectivity index (χ1) is 16.7. The predicted molar refractivity (Wildman–Crippen MR) is 129 cm³/mol. The van der Waals surface area contributed by atoms with Crippen molar-refractivity contribution in [2.24, 2.45) is 5.41 Å². The lowest BCUT2D eigenvalue weighted by molar-refractivity contribution is -0.384. The number of fused-ring (bicyclic) bond motifs is 1. The number of urea groups is 1. The molecule has 3 aromatic rings. The van der Waals surface area contributed by atoms with Crippen LogP contribution in [0.1, 0.15) is 22.7 Å². The zero-order valence-corrected chi connectivity index (χ0v) is 19.1. The van der Waals surface area contributed by atoms with Crippen LogP contribution in [-0.2, 0) is 16.0 Å². The largest absolute Gasteiger partial charge is 0.366 e. The van der Waals surface area contributed by atoms with Crippen molar-refractivity contribution in [3.8, 4) is 0 Å². The number of benzene rings is 3. The number of hydrogen-bond donors (Lipinski definition) is 1. The van der Waals surface area contributed by atoms with Gasteiger partial charge in [-0.2, -0.15) is 0 Å². The van der Waals surface area contributed by atoms with E-state index in [0.717, 1.165) is 10.5 Å². The Bertz CT molecular complexity index is 1390. The topological polar surface area (TPSA) is 113 Å². The fraction of sp³-hybridized carbons (Fsp3) is 0.192. The van der Waals surface area contributed by atoms with E-state index in [1.54, 1.807) is 36.2 Å². The lowest BCUT2D eigenvalue weighted by atomic mass is 9.66. The van der Waals surface area contributed by atoms with E-state index in [2.05, 4.69) is 5.32 Å². The smallest absolute Gasteiger partial charge is 0.335 e. The zero-order chi connectivity index (χ0) is 24.9. The summed E-state index contributed by atoms with van der Waals surface area (Å²) in [5, 5.41) is 13.8. The number of carbonyl (C=O) groups is 3. The number of non-ortho nitro benzene ring substituents is 1. The molecule has 1 spiro atoms. The molecule has 9 heteroatoms. The standard InChI is InChI=1S/C26H22N4O5/c1-16-7-6-10-19(13-16)29-24(32)26(23(31)27-25(29)33)15-18-14-20(30(34)35)11-12-21(18)28(2)22(26)17-8-4-3-5-9-17/h3-14,22H,15H2,1-2H3,(H,27,31,33)/t22-,26+/m1/s1. The highest BCUT2D eigenvalue weighted by atomic mass is 16.6. The summed E-state index contributed by atoms with van der Waals surface area (Å²) >= 11 is 0. The van der Waals surface area contributed by atoms with Gasteiger partial charge in [-0.3, -0.25) is 25.0 Å². The number of hydrogen-bond acceptors (Lipinski definition) is 6. The number of barbiturate groups is 1. The second-order valence-electron chi connectivity index (χ2n) is 8.88. The molecule has 0 radical (unpaired) electrons. The van der Waals surface area contributed by atoms with Crippen LogP contribution < -0.4 is 15.1 Å². The number of amides is 4. The fourth-order valence-electron chi connectivity index (χ4n) is 5.23. The average Bonchev–Trinajstić information content (AvgIpc) is 2.83. The Labute approximate surface area is 201 Å². The van der Waals surface area contributed by atoms with Gasteiger partial charge in [0.05, 0.1) is 16.7 Å². The molecule has 0 saturated carbocycles. The highest BCUT2D eigenvalue weighted by Crippen LogP contribution is 2.52. The van der Waals surface area contributed by atoms with Crippen LogP contribution in [0.25, 0.3) is 0 Å². The van der Waals surface area contributed by atoms with E-state index < -0.39 is 34.2 Å². The molecule has 1 fully saturated rings. The number of anilines is 2. The number of rotatable bonds is 3. The number of nitro groups is 1. The van der Waals surface area contributed by atoms with Gasteiger partial charge < -0.3 is 4.90 Å². The van der Waals surface area contributed by atoms with Crippen LogP contribution in [0.3, 0.4) is 0 Å². The van der Waals surface area contributed by atoms with Crippen molar-refractivity contribution in [2.75, 3.05) is 16.8 Å². The van der Waals surface area contributed by atoms with Crippen molar-refractivity contribution < 1.29 is 19.3 Å². The molecule has 2 heterocycles. The number of nitrogens with one attached hydrogen (secondary N) is 1. The highest BCUT2D eigenvalue weighted by Gasteiger charge is 2.62. The van der Waals surface area contributed by atoms with Gasteiger partial charge in [0, 0.05) is 31.3 Å². The third-order valence-corrected chi connectivity index (χ3v) is 6.77. The second-order valence-corrected chi connectivity index (χ2v) is 8.88. The molecule has 9 nitrogen and oxygen atoms in total. The number of aryl methyl sites for hydroxylation is 1. The van der Waals surface area contributed by atoms with E-state index in [1.807, 2.05) is 43.3 Å². The molecule has 35 heavy (non-hydrogen) atoms. The van der Waals surface area contributed by atoms with E-state index in [-0.39, 0.29) is 12.1 Å². The van der Waals surface area contributed by atoms with E-state index in [9.17, 15) is 24.5 Å². The molecule has 2 aliphatic rings. The average molecular weight is 470 g/mol. The molecule has 0 aliphatic carbocycles. The molecular formula is C26H22N4O5. The van der Waals surface area contributed by atoms with Gasteiger partial charge in [-0.15, -0.1) is 0 Å². The lowest BCUT2D eigenvalue weighted by Gasteiger charge is -2.50. The molecule has 4 amide bonds. The minimum atomic E-state index is -1.74. The summed E-state index contributed by atoms with van der Waals surface area (Å²) in [5.74, 6) is -1.40. The molecule has 0 aromatic heterocycles. The molecular weight excluding hydrogens is 448 g/mol. The van der Waals surface area contributed by atoms with Crippen LogP contribution in [0.4, 0.5) is 21.9 Å². The Kier molecular flexibility index (Phi) is 5.12. The normalized spacial score (nSPS) is 21.7. The van der Waals surface area contributed by atoms with Crippen molar-refractivity contribution in [1.82, 2.24) is 5.32 Å². The summed E-state index contributed by atoms with van der Waals surface area (Å²) < 4.78 is 0. The van der Waals surface area contributed by atoms with Gasteiger partial charge in [0.15, 0.2) is 5.41 Å². The van der Waals surface area contributed by atoms with Gasteiger partial charge >= 0.3 is 6.03 Å². The lowest BCUT2D eigenvalue weighted by Crippen LogP contribution is -2.69. The van der Waals surface area contributed by atoms with Crippen molar-refractivity contribution >= 4 is 34.9 Å². The van der Waals surface area contributed by atoms with Crippen molar-refractivity contribution in [3.63, 3.8) is 0 Å². The first-order valence-electron chi connectivity index (χ1n) is 11.1. The molecule has 176 valence electrons. The predicted octanol–water partition coefficient (Wildman–Crippen LogP) is 3.91. The van der Waals surface area contributed by atoms with E-state index >= 15 is 0 Å². The third kappa shape index (κ3) is 3.35. The summed E-state index contributed by atoms with van der Waals surface area (Å²) in [7, 11) is 1.75. The van der Waals surface area contributed by atoms with Gasteiger partial charge in [0.25, 0.3) is 11.6 Å². The monoisotopic (exact) mass is 470 g/mol. The summed E-state index contributed by atoms with van der Waals surface area (Å²) in [6.07, 6.45) is -0.103. The van der Waals surface area contributed by atoms with Gasteiger partial charge in [0.1, 0.15) is 0 Å². The fourth-order valence-corrected chi connectivity index (χ4v) is 5.23. The maximum atomic E-state index is 14.3. The first-order valence-corrected chi connectivity index (χ1v) is 11.1. The summed E-state index contributed by atoms with van der Waals surface area (Å²) in [6, 6.07) is 18.9. The third-order valence-electron chi connectivity index (χ3n) is 6.77. The van der Waals surface area contributed by atoms with Crippen LogP contribution >= 0.6 is 0 Å². The van der Waals surface area contributed by atoms with Crippen LogP contribution in [0.15, 0.2) is 72.8 Å². The molecule has 0 bridgehead atoms. The minimum Gasteiger partial charge on any atom is -0.366 e. The van der Waals surface area contributed by atoms with Crippen molar-refractivity contribution in [3.05, 3.63) is 99.6 Å². The van der Waals surface area contributed by atoms with Crippen LogP contribution in [0.2, 0.25) is 0 Å². The quantitative estimate of drug-likeness (QED) is 0.353. The molecule has 5 rings (SSSR count). The second kappa shape index (κ2) is 8.05. The molecule has 1 N–H and O–H groups in total. The number of imide groups is 2. The maximum Gasteiger partial charge on any atom is 0.335 e. The summed E-state index contributed by atoms with van der Waals surface area (Å²) in [6.45, 7) is 1.84.